The van der Waals surface area contributed by atoms with Gasteiger partial charge in [0.05, 0.1) is 12.2 Å². The Labute approximate surface area is 99.0 Å². The molecule has 0 bridgehead atoms. The van der Waals surface area contributed by atoms with Gasteiger partial charge in [-0.1, -0.05) is 30.3 Å². The summed E-state index contributed by atoms with van der Waals surface area (Å²) in [5.74, 6) is -0.203. The van der Waals surface area contributed by atoms with E-state index in [-0.39, 0.29) is 5.91 Å². The maximum atomic E-state index is 11.8. The van der Waals surface area contributed by atoms with Crippen molar-refractivity contribution in [2.24, 2.45) is 5.73 Å². The number of carbonyl (C=O) groups is 1. The zero-order valence-corrected chi connectivity index (χ0v) is 9.26. The lowest BCUT2D eigenvalue weighted by Gasteiger charge is -2.11. The summed E-state index contributed by atoms with van der Waals surface area (Å²) in [4.78, 5) is 11.8. The van der Waals surface area contributed by atoms with Gasteiger partial charge in [0.1, 0.15) is 6.04 Å². The average Bonchev–Trinajstić information content (AvgIpc) is 2.89. The van der Waals surface area contributed by atoms with Crippen LogP contribution in [0.3, 0.4) is 0 Å². The van der Waals surface area contributed by atoms with E-state index in [1.54, 1.807) is 12.3 Å². The molecule has 0 aliphatic rings. The van der Waals surface area contributed by atoms with Gasteiger partial charge in [-0.15, -0.1) is 0 Å². The van der Waals surface area contributed by atoms with Crippen molar-refractivity contribution in [3.05, 3.63) is 53.9 Å². The number of H-pyrrole nitrogens is 1. The number of carbonyl (C=O) groups excluding carboxylic acids is 1. The lowest BCUT2D eigenvalue weighted by Crippen LogP contribution is -2.33. The Hall–Kier alpha value is -2.14. The molecule has 0 unspecified atom stereocenters. The van der Waals surface area contributed by atoms with Gasteiger partial charge in [0.2, 0.25) is 5.91 Å². The van der Waals surface area contributed by atoms with Crippen LogP contribution in [-0.2, 0) is 11.3 Å². The third-order valence-corrected chi connectivity index (χ3v) is 2.45. The number of hydrogen-bond acceptors (Lipinski definition) is 3. The van der Waals surface area contributed by atoms with Crippen molar-refractivity contribution in [3.63, 3.8) is 0 Å². The van der Waals surface area contributed by atoms with Crippen LogP contribution in [0.5, 0.6) is 0 Å². The molecule has 2 aromatic rings. The topological polar surface area (TPSA) is 83.8 Å². The molecule has 0 saturated heterocycles. The van der Waals surface area contributed by atoms with Crippen molar-refractivity contribution < 1.29 is 4.79 Å². The first-order valence-electron chi connectivity index (χ1n) is 5.34. The predicted molar refractivity (Wildman–Crippen MR) is 63.8 cm³/mol. The second-order valence-corrected chi connectivity index (χ2v) is 3.69. The Morgan fingerprint density at radius 3 is 2.76 bits per heavy atom. The highest BCUT2D eigenvalue weighted by atomic mass is 16.2. The summed E-state index contributed by atoms with van der Waals surface area (Å²) in [5, 5.41) is 9.31. The van der Waals surface area contributed by atoms with Crippen LogP contribution in [0.25, 0.3) is 0 Å². The maximum Gasteiger partial charge on any atom is 0.241 e. The number of aromatic amines is 1. The number of amides is 1. The largest absolute Gasteiger partial charge is 0.349 e. The highest BCUT2D eigenvalue weighted by Gasteiger charge is 2.14. The molecule has 0 aliphatic carbocycles. The minimum absolute atomic E-state index is 0.203. The molecule has 1 atom stereocenters. The molecule has 0 saturated carbocycles. The molecule has 1 aromatic carbocycles. The number of nitrogens with zero attached hydrogens (tertiary/aromatic N) is 1. The number of rotatable bonds is 4. The monoisotopic (exact) mass is 230 g/mol. The van der Waals surface area contributed by atoms with Crippen molar-refractivity contribution in [2.45, 2.75) is 12.6 Å². The molecule has 5 nitrogen and oxygen atoms in total. The highest BCUT2D eigenvalue weighted by molar-refractivity contribution is 5.82. The van der Waals surface area contributed by atoms with Gasteiger partial charge in [-0.05, 0) is 11.6 Å². The Bertz CT molecular complexity index is 467. The number of hydrogen-bond donors (Lipinski definition) is 3. The minimum atomic E-state index is -0.640. The lowest BCUT2D eigenvalue weighted by atomic mass is 10.1. The summed E-state index contributed by atoms with van der Waals surface area (Å²) in [5.41, 5.74) is 7.49. The summed E-state index contributed by atoms with van der Waals surface area (Å²) in [6.07, 6.45) is 1.64. The fraction of sp³-hybridized carbons (Fsp3) is 0.167. The lowest BCUT2D eigenvalue weighted by molar-refractivity contribution is -0.122. The van der Waals surface area contributed by atoms with Crippen LogP contribution in [0.15, 0.2) is 42.6 Å². The number of nitrogens with two attached hydrogens (primary N) is 1. The van der Waals surface area contributed by atoms with Gasteiger partial charge in [0.15, 0.2) is 0 Å². The normalized spacial score (nSPS) is 12.1. The number of nitrogens with one attached hydrogen (secondary N) is 2. The van der Waals surface area contributed by atoms with Gasteiger partial charge in [0, 0.05) is 6.20 Å². The standard InChI is InChI=1S/C12H14N4O/c13-11(9-4-2-1-3-5-9)12(17)14-8-10-6-7-15-16-10/h1-7,11H,8,13H2,(H,14,17)(H,15,16)/t11-/m1/s1. The predicted octanol–water partition coefficient (Wildman–Crippen LogP) is 0.726. The molecule has 0 aliphatic heterocycles. The molecule has 1 amide bonds. The quantitative estimate of drug-likeness (QED) is 0.723. The molecule has 4 N–H and O–H groups in total. The summed E-state index contributed by atoms with van der Waals surface area (Å²) in [6, 6.07) is 10.4. The zero-order valence-electron chi connectivity index (χ0n) is 9.26. The first-order valence-corrected chi connectivity index (χ1v) is 5.34. The van der Waals surface area contributed by atoms with Gasteiger partial charge in [-0.2, -0.15) is 5.10 Å². The average molecular weight is 230 g/mol. The highest BCUT2D eigenvalue weighted by Crippen LogP contribution is 2.09. The van der Waals surface area contributed by atoms with Gasteiger partial charge >= 0.3 is 0 Å². The SMILES string of the molecule is N[C@@H](C(=O)NCc1ccn[nH]1)c1ccccc1. The Morgan fingerprint density at radius 1 is 1.35 bits per heavy atom. The molecule has 0 fully saturated rings. The van der Waals surface area contributed by atoms with Crippen molar-refractivity contribution in [1.29, 1.82) is 0 Å². The Balaban J connectivity index is 1.92. The molecule has 88 valence electrons. The minimum Gasteiger partial charge on any atom is -0.349 e. The van der Waals surface area contributed by atoms with E-state index in [2.05, 4.69) is 15.5 Å². The molecule has 2 rings (SSSR count). The second-order valence-electron chi connectivity index (χ2n) is 3.69. The van der Waals surface area contributed by atoms with E-state index in [1.807, 2.05) is 30.3 Å². The third kappa shape index (κ3) is 2.92. The van der Waals surface area contributed by atoms with Crippen LogP contribution < -0.4 is 11.1 Å². The number of benzene rings is 1. The molecular formula is C12H14N4O. The van der Waals surface area contributed by atoms with E-state index in [1.165, 1.54) is 0 Å². The van der Waals surface area contributed by atoms with Crippen molar-refractivity contribution in [2.75, 3.05) is 0 Å². The van der Waals surface area contributed by atoms with Crippen LogP contribution in [0.2, 0.25) is 0 Å². The second kappa shape index (κ2) is 5.27. The van der Waals surface area contributed by atoms with E-state index in [0.29, 0.717) is 6.54 Å². The van der Waals surface area contributed by atoms with E-state index < -0.39 is 6.04 Å². The molecule has 1 aromatic heterocycles. The molecule has 17 heavy (non-hydrogen) atoms. The van der Waals surface area contributed by atoms with Crippen molar-refractivity contribution in [3.8, 4) is 0 Å². The van der Waals surface area contributed by atoms with Crippen molar-refractivity contribution in [1.82, 2.24) is 15.5 Å². The summed E-state index contributed by atoms with van der Waals surface area (Å²) >= 11 is 0. The molecule has 0 radical (unpaired) electrons. The van der Waals surface area contributed by atoms with E-state index in [4.69, 9.17) is 5.73 Å². The molecule has 0 spiro atoms. The van der Waals surface area contributed by atoms with E-state index in [9.17, 15) is 4.79 Å². The van der Waals surface area contributed by atoms with Gasteiger partial charge in [0.25, 0.3) is 0 Å². The molecule has 5 heteroatoms. The van der Waals surface area contributed by atoms with Crippen LogP contribution >= 0.6 is 0 Å². The maximum absolute atomic E-state index is 11.8. The first-order chi connectivity index (χ1) is 8.27. The number of aromatic nitrogens is 2. The van der Waals surface area contributed by atoms with Gasteiger partial charge < -0.3 is 11.1 Å². The smallest absolute Gasteiger partial charge is 0.241 e. The fourth-order valence-electron chi connectivity index (χ4n) is 1.49. The zero-order chi connectivity index (χ0) is 12.1. The Kier molecular flexibility index (Phi) is 3.52. The Morgan fingerprint density at radius 2 is 2.12 bits per heavy atom. The third-order valence-electron chi connectivity index (χ3n) is 2.45. The van der Waals surface area contributed by atoms with Crippen LogP contribution in [0.1, 0.15) is 17.3 Å². The molecule has 1 heterocycles. The van der Waals surface area contributed by atoms with E-state index >= 15 is 0 Å². The van der Waals surface area contributed by atoms with Crippen LogP contribution in [0, 0.1) is 0 Å². The summed E-state index contributed by atoms with van der Waals surface area (Å²) < 4.78 is 0. The summed E-state index contributed by atoms with van der Waals surface area (Å²) in [6.45, 7) is 0.402. The summed E-state index contributed by atoms with van der Waals surface area (Å²) in [7, 11) is 0. The fourth-order valence-corrected chi connectivity index (χ4v) is 1.49. The van der Waals surface area contributed by atoms with Gasteiger partial charge in [-0.25, -0.2) is 0 Å². The van der Waals surface area contributed by atoms with Gasteiger partial charge in [-0.3, -0.25) is 9.89 Å². The van der Waals surface area contributed by atoms with E-state index in [0.717, 1.165) is 11.3 Å². The first kappa shape index (κ1) is 11.3. The van der Waals surface area contributed by atoms with Crippen molar-refractivity contribution >= 4 is 5.91 Å². The van der Waals surface area contributed by atoms with Crippen LogP contribution in [-0.4, -0.2) is 16.1 Å². The molecular weight excluding hydrogens is 216 g/mol. The van der Waals surface area contributed by atoms with Crippen LogP contribution in [0.4, 0.5) is 0 Å².